The Kier molecular flexibility index (Phi) is 5.23. The van der Waals surface area contributed by atoms with Gasteiger partial charge in [0.25, 0.3) is 5.91 Å². The zero-order valence-corrected chi connectivity index (χ0v) is 15.5. The third kappa shape index (κ3) is 4.10. The summed E-state index contributed by atoms with van der Waals surface area (Å²) < 4.78 is 12.4. The summed E-state index contributed by atoms with van der Waals surface area (Å²) in [6.07, 6.45) is 4.37. The smallest absolute Gasteiger partial charge is 0.271 e. The molecule has 10 heteroatoms. The Morgan fingerprint density at radius 1 is 1.10 bits per heavy atom. The van der Waals surface area contributed by atoms with Gasteiger partial charge < -0.3 is 14.8 Å². The number of methoxy groups -OCH3 is 1. The maximum atomic E-state index is 11.9. The summed E-state index contributed by atoms with van der Waals surface area (Å²) in [4.78, 5) is 19.7. The molecule has 146 valence electrons. The van der Waals surface area contributed by atoms with Crippen molar-refractivity contribution in [3.63, 3.8) is 0 Å². The highest BCUT2D eigenvalue weighted by Crippen LogP contribution is 2.21. The molecule has 0 bridgehead atoms. The largest absolute Gasteiger partial charge is 0.497 e. The molecular weight excluding hydrogens is 374 g/mol. The fourth-order valence-electron chi connectivity index (χ4n) is 2.60. The van der Waals surface area contributed by atoms with Crippen molar-refractivity contribution in [3.05, 3.63) is 60.7 Å². The molecule has 0 spiro atoms. The number of hydrogen-bond acceptors (Lipinski definition) is 8. The van der Waals surface area contributed by atoms with Crippen LogP contribution < -0.4 is 14.8 Å². The zero-order valence-electron chi connectivity index (χ0n) is 15.5. The van der Waals surface area contributed by atoms with E-state index in [0.717, 1.165) is 11.3 Å². The van der Waals surface area contributed by atoms with Crippen LogP contribution in [-0.2, 0) is 0 Å². The first-order valence-corrected chi connectivity index (χ1v) is 8.78. The third-order valence-electron chi connectivity index (χ3n) is 4.02. The van der Waals surface area contributed by atoms with Crippen molar-refractivity contribution in [2.24, 2.45) is 0 Å². The van der Waals surface area contributed by atoms with Crippen LogP contribution in [0.15, 0.2) is 55.0 Å². The van der Waals surface area contributed by atoms with Crippen LogP contribution in [0.5, 0.6) is 11.6 Å². The number of fused-ring (bicyclic) bond motifs is 1. The van der Waals surface area contributed by atoms with Gasteiger partial charge in [0.15, 0.2) is 11.5 Å². The molecule has 0 fully saturated rings. The van der Waals surface area contributed by atoms with Gasteiger partial charge in [0.2, 0.25) is 5.88 Å². The fourth-order valence-corrected chi connectivity index (χ4v) is 2.60. The molecular formula is C19H17N7O3. The number of carbonyl (C=O) groups is 1. The lowest BCUT2D eigenvalue weighted by Gasteiger charge is -2.07. The van der Waals surface area contributed by atoms with Crippen LogP contribution in [0.3, 0.4) is 0 Å². The van der Waals surface area contributed by atoms with E-state index in [2.05, 4.69) is 30.6 Å². The molecule has 4 aromatic rings. The normalized spacial score (nSPS) is 10.7. The van der Waals surface area contributed by atoms with Crippen molar-refractivity contribution in [2.45, 2.75) is 0 Å². The summed E-state index contributed by atoms with van der Waals surface area (Å²) in [5, 5.41) is 15.5. The first kappa shape index (κ1) is 18.3. The van der Waals surface area contributed by atoms with Gasteiger partial charge in [-0.25, -0.2) is 4.98 Å². The van der Waals surface area contributed by atoms with Gasteiger partial charge >= 0.3 is 0 Å². The van der Waals surface area contributed by atoms with Crippen molar-refractivity contribution < 1.29 is 14.3 Å². The van der Waals surface area contributed by atoms with E-state index in [-0.39, 0.29) is 18.2 Å². The lowest BCUT2D eigenvalue weighted by molar-refractivity contribution is 0.0941. The summed E-state index contributed by atoms with van der Waals surface area (Å²) in [6, 6.07) is 10.9. The van der Waals surface area contributed by atoms with Gasteiger partial charge in [-0.1, -0.05) is 0 Å². The van der Waals surface area contributed by atoms with Crippen LogP contribution in [0.1, 0.15) is 10.5 Å². The minimum atomic E-state index is -0.314. The third-order valence-corrected chi connectivity index (χ3v) is 4.02. The minimum absolute atomic E-state index is 0.241. The van der Waals surface area contributed by atoms with Crippen molar-refractivity contribution in [1.29, 1.82) is 0 Å². The van der Waals surface area contributed by atoms with Crippen LogP contribution in [0.4, 0.5) is 0 Å². The monoisotopic (exact) mass is 391 g/mol. The van der Waals surface area contributed by atoms with Gasteiger partial charge in [-0.05, 0) is 30.3 Å². The number of nitrogens with one attached hydrogen (secondary N) is 1. The molecule has 29 heavy (non-hydrogen) atoms. The predicted octanol–water partition coefficient (Wildman–Crippen LogP) is 1.40. The van der Waals surface area contributed by atoms with E-state index in [1.165, 1.54) is 18.6 Å². The molecule has 3 aromatic heterocycles. The molecule has 1 N–H and O–H groups in total. The number of amides is 1. The van der Waals surface area contributed by atoms with Crippen molar-refractivity contribution in [3.8, 4) is 23.0 Å². The molecule has 0 saturated heterocycles. The van der Waals surface area contributed by atoms with Crippen LogP contribution >= 0.6 is 0 Å². The lowest BCUT2D eigenvalue weighted by atomic mass is 10.2. The van der Waals surface area contributed by atoms with Crippen LogP contribution in [0, 0.1) is 0 Å². The first-order chi connectivity index (χ1) is 14.2. The predicted molar refractivity (Wildman–Crippen MR) is 103 cm³/mol. The molecule has 0 aliphatic heterocycles. The molecule has 1 amide bonds. The molecule has 0 unspecified atom stereocenters. The van der Waals surface area contributed by atoms with E-state index < -0.39 is 0 Å². The number of benzene rings is 1. The maximum Gasteiger partial charge on any atom is 0.271 e. The summed E-state index contributed by atoms with van der Waals surface area (Å²) in [6.45, 7) is 0.535. The highest BCUT2D eigenvalue weighted by molar-refractivity contribution is 5.91. The SMILES string of the molecule is COc1ccc(-c2nnc3ccc(OCCNC(=O)c4cnccn4)nn23)cc1. The quantitative estimate of drug-likeness (QED) is 0.470. The standard InChI is InChI=1S/C19H17N7O3/c1-28-14-4-2-13(3-5-14)18-24-23-16-6-7-17(25-26(16)18)29-11-10-22-19(27)15-12-20-8-9-21-15/h2-9,12H,10-11H2,1H3,(H,22,27). The number of hydrogen-bond donors (Lipinski definition) is 1. The zero-order chi connectivity index (χ0) is 20.1. The molecule has 4 rings (SSSR count). The van der Waals surface area contributed by atoms with Crippen molar-refractivity contribution in [2.75, 3.05) is 20.3 Å². The Bertz CT molecular complexity index is 1110. The van der Waals surface area contributed by atoms with Gasteiger partial charge in [-0.2, -0.15) is 4.52 Å². The summed E-state index contributed by atoms with van der Waals surface area (Å²) in [7, 11) is 1.61. The molecule has 10 nitrogen and oxygen atoms in total. The van der Waals surface area contributed by atoms with E-state index in [1.54, 1.807) is 23.8 Å². The average molecular weight is 391 g/mol. The van der Waals surface area contributed by atoms with Crippen LogP contribution in [-0.4, -0.2) is 55.9 Å². The topological polar surface area (TPSA) is 116 Å². The molecule has 1 aromatic carbocycles. The Hall–Kier alpha value is -4.08. The number of nitrogens with zero attached hydrogens (tertiary/aromatic N) is 6. The number of aromatic nitrogens is 6. The molecule has 3 heterocycles. The Morgan fingerprint density at radius 2 is 1.97 bits per heavy atom. The van der Waals surface area contributed by atoms with E-state index in [1.807, 2.05) is 24.3 Å². The summed E-state index contributed by atoms with van der Waals surface area (Å²) in [5.41, 5.74) is 1.69. The Labute approximate surface area is 165 Å². The van der Waals surface area contributed by atoms with Crippen LogP contribution in [0.2, 0.25) is 0 Å². The van der Waals surface area contributed by atoms with E-state index in [9.17, 15) is 4.79 Å². The second-order valence-corrected chi connectivity index (χ2v) is 5.89. The number of rotatable bonds is 7. The van der Waals surface area contributed by atoms with Gasteiger partial charge in [0, 0.05) is 24.0 Å². The van der Waals surface area contributed by atoms with Crippen molar-refractivity contribution in [1.82, 2.24) is 35.1 Å². The highest BCUT2D eigenvalue weighted by Gasteiger charge is 2.11. The molecule has 0 saturated carbocycles. The first-order valence-electron chi connectivity index (χ1n) is 8.78. The Morgan fingerprint density at radius 3 is 2.72 bits per heavy atom. The average Bonchev–Trinajstić information content (AvgIpc) is 3.20. The van der Waals surface area contributed by atoms with Gasteiger partial charge in [0.1, 0.15) is 18.1 Å². The van der Waals surface area contributed by atoms with E-state index >= 15 is 0 Å². The van der Waals surface area contributed by atoms with Gasteiger partial charge in [0.05, 0.1) is 19.9 Å². The number of ether oxygens (including phenoxy) is 2. The van der Waals surface area contributed by atoms with Gasteiger partial charge in [-0.15, -0.1) is 15.3 Å². The van der Waals surface area contributed by atoms with E-state index in [4.69, 9.17) is 9.47 Å². The summed E-state index contributed by atoms with van der Waals surface area (Å²) >= 11 is 0. The molecule has 0 atom stereocenters. The minimum Gasteiger partial charge on any atom is -0.497 e. The fraction of sp³-hybridized carbons (Fsp3) is 0.158. The van der Waals surface area contributed by atoms with Gasteiger partial charge in [-0.3, -0.25) is 9.78 Å². The van der Waals surface area contributed by atoms with E-state index in [0.29, 0.717) is 23.9 Å². The second kappa shape index (κ2) is 8.30. The summed E-state index contributed by atoms with van der Waals surface area (Å²) in [5.74, 6) is 1.42. The molecule has 0 radical (unpaired) electrons. The molecule has 0 aliphatic rings. The number of carbonyl (C=O) groups excluding carboxylic acids is 1. The van der Waals surface area contributed by atoms with Crippen molar-refractivity contribution >= 4 is 11.6 Å². The van der Waals surface area contributed by atoms with Crippen LogP contribution in [0.25, 0.3) is 17.0 Å². The lowest BCUT2D eigenvalue weighted by Crippen LogP contribution is -2.29. The molecule has 0 aliphatic carbocycles. The second-order valence-electron chi connectivity index (χ2n) is 5.89. The Balaban J connectivity index is 1.41. The highest BCUT2D eigenvalue weighted by atomic mass is 16.5. The maximum absolute atomic E-state index is 11.9.